The van der Waals surface area contributed by atoms with Crippen LogP contribution in [0, 0.1) is 5.92 Å². The predicted octanol–water partition coefficient (Wildman–Crippen LogP) is 1.41. The molecule has 7 nitrogen and oxygen atoms in total. The normalized spacial score (nSPS) is 21.9. The van der Waals surface area contributed by atoms with Crippen LogP contribution in [0.5, 0.6) is 0 Å². The third-order valence-electron chi connectivity index (χ3n) is 3.57. The van der Waals surface area contributed by atoms with Gasteiger partial charge in [-0.1, -0.05) is 0 Å². The van der Waals surface area contributed by atoms with Gasteiger partial charge < -0.3 is 24.4 Å². The van der Waals surface area contributed by atoms with E-state index in [1.54, 1.807) is 18.9 Å². The van der Waals surface area contributed by atoms with Crippen LogP contribution in [0.4, 0.5) is 4.79 Å². The molecule has 0 radical (unpaired) electrons. The number of esters is 1. The molecule has 0 unspecified atom stereocenters. The highest BCUT2D eigenvalue weighted by atomic mass is 16.6. The van der Waals surface area contributed by atoms with E-state index in [0.29, 0.717) is 39.3 Å². The topological polar surface area (TPSA) is 77.1 Å². The summed E-state index contributed by atoms with van der Waals surface area (Å²) in [7, 11) is 1.63. The van der Waals surface area contributed by atoms with E-state index in [2.05, 4.69) is 5.32 Å². The number of rotatable bonds is 6. The van der Waals surface area contributed by atoms with Gasteiger partial charge in [-0.2, -0.15) is 0 Å². The van der Waals surface area contributed by atoms with E-state index < -0.39 is 11.5 Å². The van der Waals surface area contributed by atoms with Gasteiger partial charge >= 0.3 is 12.1 Å². The first-order valence-corrected chi connectivity index (χ1v) is 8.15. The Hall–Kier alpha value is -1.34. The molecule has 0 bridgehead atoms. The van der Waals surface area contributed by atoms with Crippen molar-refractivity contribution >= 4 is 12.1 Å². The SMILES string of the molecule is CCOC(=O)[C@@H]1CN(C(=O)OC(C)(C)C)CC[C@@H]1NCCOC. The number of carbonyl (C=O) groups is 2. The summed E-state index contributed by atoms with van der Waals surface area (Å²) in [5.41, 5.74) is -0.552. The van der Waals surface area contributed by atoms with Crippen LogP contribution in [0.15, 0.2) is 0 Å². The second-order valence-corrected chi connectivity index (χ2v) is 6.63. The maximum Gasteiger partial charge on any atom is 0.410 e. The molecule has 0 aliphatic carbocycles. The molecule has 0 aromatic heterocycles. The smallest absolute Gasteiger partial charge is 0.410 e. The minimum atomic E-state index is -0.552. The monoisotopic (exact) mass is 330 g/mol. The second-order valence-electron chi connectivity index (χ2n) is 6.63. The van der Waals surface area contributed by atoms with E-state index in [4.69, 9.17) is 14.2 Å². The molecule has 1 fully saturated rings. The van der Waals surface area contributed by atoms with Gasteiger partial charge in [0.1, 0.15) is 5.60 Å². The lowest BCUT2D eigenvalue weighted by atomic mass is 9.92. The molecule has 23 heavy (non-hydrogen) atoms. The molecule has 0 aromatic carbocycles. The molecule has 134 valence electrons. The molecule has 0 spiro atoms. The number of nitrogens with zero attached hydrogens (tertiary/aromatic N) is 1. The maximum atomic E-state index is 12.2. The first-order valence-electron chi connectivity index (χ1n) is 8.15. The Kier molecular flexibility index (Phi) is 7.78. The number of likely N-dealkylation sites (tertiary alicyclic amines) is 1. The van der Waals surface area contributed by atoms with Crippen LogP contribution in [0.3, 0.4) is 0 Å². The van der Waals surface area contributed by atoms with Crippen molar-refractivity contribution < 1.29 is 23.8 Å². The first-order chi connectivity index (χ1) is 10.8. The Bertz CT molecular complexity index is 394. The van der Waals surface area contributed by atoms with Crippen molar-refractivity contribution in [3.8, 4) is 0 Å². The number of ether oxygens (including phenoxy) is 3. The van der Waals surface area contributed by atoms with Crippen molar-refractivity contribution in [3.63, 3.8) is 0 Å². The zero-order valence-corrected chi connectivity index (χ0v) is 14.9. The molecular weight excluding hydrogens is 300 g/mol. The Morgan fingerprint density at radius 2 is 2.00 bits per heavy atom. The molecule has 7 heteroatoms. The van der Waals surface area contributed by atoms with Gasteiger partial charge in [0.05, 0.1) is 19.1 Å². The highest BCUT2D eigenvalue weighted by Crippen LogP contribution is 2.21. The number of hydrogen-bond acceptors (Lipinski definition) is 6. The molecule has 1 heterocycles. The fourth-order valence-corrected chi connectivity index (χ4v) is 2.52. The Balaban J connectivity index is 2.70. The number of amides is 1. The van der Waals surface area contributed by atoms with Gasteiger partial charge in [-0.3, -0.25) is 4.79 Å². The van der Waals surface area contributed by atoms with Gasteiger partial charge in [-0.25, -0.2) is 4.79 Å². The lowest BCUT2D eigenvalue weighted by Gasteiger charge is -2.38. The summed E-state index contributed by atoms with van der Waals surface area (Å²) in [5, 5.41) is 3.32. The van der Waals surface area contributed by atoms with Gasteiger partial charge in [-0.05, 0) is 34.1 Å². The molecule has 1 amide bonds. The maximum absolute atomic E-state index is 12.2. The van der Waals surface area contributed by atoms with Crippen LogP contribution in [0.25, 0.3) is 0 Å². The van der Waals surface area contributed by atoms with E-state index in [1.807, 2.05) is 20.8 Å². The molecule has 0 aromatic rings. The zero-order valence-electron chi connectivity index (χ0n) is 14.9. The van der Waals surface area contributed by atoms with Crippen LogP contribution < -0.4 is 5.32 Å². The van der Waals surface area contributed by atoms with Crippen molar-refractivity contribution in [3.05, 3.63) is 0 Å². The predicted molar refractivity (Wildman–Crippen MR) is 86.2 cm³/mol. The molecule has 0 saturated carbocycles. The Morgan fingerprint density at radius 1 is 1.30 bits per heavy atom. The van der Waals surface area contributed by atoms with Crippen LogP contribution in [0.1, 0.15) is 34.1 Å². The Morgan fingerprint density at radius 3 is 2.57 bits per heavy atom. The van der Waals surface area contributed by atoms with E-state index in [9.17, 15) is 9.59 Å². The number of hydrogen-bond donors (Lipinski definition) is 1. The third kappa shape index (κ3) is 6.74. The first kappa shape index (κ1) is 19.7. The molecule has 1 N–H and O–H groups in total. The molecule has 2 atom stereocenters. The average Bonchev–Trinajstić information content (AvgIpc) is 2.46. The third-order valence-corrected chi connectivity index (χ3v) is 3.57. The zero-order chi connectivity index (χ0) is 17.5. The minimum absolute atomic E-state index is 0.0251. The van der Waals surface area contributed by atoms with Crippen LogP contribution >= 0.6 is 0 Å². The van der Waals surface area contributed by atoms with E-state index in [-0.39, 0.29) is 18.1 Å². The van der Waals surface area contributed by atoms with Gasteiger partial charge in [0.2, 0.25) is 0 Å². The number of carbonyl (C=O) groups excluding carboxylic acids is 2. The second kappa shape index (κ2) is 9.08. The summed E-state index contributed by atoms with van der Waals surface area (Å²) in [6.07, 6.45) is 0.286. The average molecular weight is 330 g/mol. The quantitative estimate of drug-likeness (QED) is 0.586. The summed E-state index contributed by atoms with van der Waals surface area (Å²) in [5.74, 6) is -0.677. The van der Waals surface area contributed by atoms with Gasteiger partial charge in [0.15, 0.2) is 0 Å². The number of piperidine rings is 1. The van der Waals surface area contributed by atoms with Crippen LogP contribution in [0.2, 0.25) is 0 Å². The van der Waals surface area contributed by atoms with E-state index >= 15 is 0 Å². The van der Waals surface area contributed by atoms with Crippen LogP contribution in [-0.2, 0) is 19.0 Å². The van der Waals surface area contributed by atoms with Gasteiger partial charge in [-0.15, -0.1) is 0 Å². The number of methoxy groups -OCH3 is 1. The molecule has 1 rings (SSSR count). The summed E-state index contributed by atoms with van der Waals surface area (Å²) in [6.45, 7) is 9.66. The van der Waals surface area contributed by atoms with Crippen molar-refractivity contribution in [1.82, 2.24) is 10.2 Å². The summed E-state index contributed by atoms with van der Waals surface area (Å²) in [6, 6.07) is -0.0251. The fraction of sp³-hybridized carbons (Fsp3) is 0.875. The Labute approximate surface area is 138 Å². The van der Waals surface area contributed by atoms with Crippen molar-refractivity contribution in [2.45, 2.75) is 45.8 Å². The van der Waals surface area contributed by atoms with Crippen molar-refractivity contribution in [1.29, 1.82) is 0 Å². The number of nitrogens with one attached hydrogen (secondary N) is 1. The summed E-state index contributed by atoms with van der Waals surface area (Å²) >= 11 is 0. The summed E-state index contributed by atoms with van der Waals surface area (Å²) < 4.78 is 15.6. The van der Waals surface area contributed by atoms with Gasteiger partial charge in [0.25, 0.3) is 0 Å². The van der Waals surface area contributed by atoms with Gasteiger partial charge in [0, 0.05) is 32.8 Å². The largest absolute Gasteiger partial charge is 0.466 e. The van der Waals surface area contributed by atoms with Crippen molar-refractivity contribution in [2.24, 2.45) is 5.92 Å². The molecule has 1 aliphatic rings. The highest BCUT2D eigenvalue weighted by Gasteiger charge is 2.38. The van der Waals surface area contributed by atoms with Crippen molar-refractivity contribution in [2.75, 3.05) is 40.0 Å². The van der Waals surface area contributed by atoms with E-state index in [1.165, 1.54) is 0 Å². The van der Waals surface area contributed by atoms with E-state index in [0.717, 1.165) is 0 Å². The lowest BCUT2D eigenvalue weighted by molar-refractivity contribution is -0.150. The molecular formula is C16H30N2O5. The minimum Gasteiger partial charge on any atom is -0.466 e. The molecule has 1 saturated heterocycles. The highest BCUT2D eigenvalue weighted by molar-refractivity contribution is 5.75. The lowest BCUT2D eigenvalue weighted by Crippen LogP contribution is -2.55. The molecule has 1 aliphatic heterocycles. The standard InChI is InChI=1S/C16H30N2O5/c1-6-22-14(19)12-11-18(15(20)23-16(2,3)4)9-7-13(12)17-8-10-21-5/h12-13,17H,6-11H2,1-5H3/t12-,13+/m1/s1. The fourth-order valence-electron chi connectivity index (χ4n) is 2.52. The van der Waals surface area contributed by atoms with Crippen LogP contribution in [-0.4, -0.2) is 68.6 Å². The summed E-state index contributed by atoms with van der Waals surface area (Å²) in [4.78, 5) is 26.0.